The Bertz CT molecular complexity index is 1030. The molecule has 0 unspecified atom stereocenters. The summed E-state index contributed by atoms with van der Waals surface area (Å²) in [5.74, 6) is -0.384. The van der Waals surface area contributed by atoms with E-state index in [2.05, 4.69) is 5.32 Å². The zero-order valence-electron chi connectivity index (χ0n) is 13.5. The van der Waals surface area contributed by atoms with Gasteiger partial charge in [0.25, 0.3) is 5.91 Å². The molecular weight excluding hydrogens is 368 g/mol. The lowest BCUT2D eigenvalue weighted by atomic mass is 10.2. The summed E-state index contributed by atoms with van der Waals surface area (Å²) in [6.45, 7) is 0. The van der Waals surface area contributed by atoms with Crippen molar-refractivity contribution in [3.05, 3.63) is 88.9 Å². The molecule has 0 aliphatic carbocycles. The van der Waals surface area contributed by atoms with Crippen LogP contribution in [0, 0.1) is 11.3 Å². The molecule has 0 spiro atoms. The van der Waals surface area contributed by atoms with Gasteiger partial charge in [0.1, 0.15) is 6.07 Å². The molecular formula is C20H13ClN2O2S. The van der Waals surface area contributed by atoms with Crippen LogP contribution in [0.3, 0.4) is 0 Å². The van der Waals surface area contributed by atoms with Gasteiger partial charge in [-0.3, -0.25) is 4.79 Å². The van der Waals surface area contributed by atoms with E-state index in [4.69, 9.17) is 11.6 Å². The average molecular weight is 381 g/mol. The summed E-state index contributed by atoms with van der Waals surface area (Å²) in [4.78, 5) is 13.4. The van der Waals surface area contributed by atoms with Crippen molar-refractivity contribution in [3.8, 4) is 6.07 Å². The zero-order chi connectivity index (χ0) is 18.5. The molecule has 1 amide bonds. The summed E-state index contributed by atoms with van der Waals surface area (Å²) >= 11 is 5.85. The van der Waals surface area contributed by atoms with Crippen LogP contribution in [0.1, 0.15) is 15.9 Å². The molecule has 0 aliphatic heterocycles. The highest BCUT2D eigenvalue weighted by molar-refractivity contribution is 7.85. The molecule has 0 bridgehead atoms. The molecule has 3 rings (SSSR count). The molecule has 3 aromatic rings. The van der Waals surface area contributed by atoms with Crippen LogP contribution in [0.4, 0.5) is 5.69 Å². The number of rotatable bonds is 4. The first kappa shape index (κ1) is 17.9. The largest absolute Gasteiger partial charge is 0.322 e. The minimum Gasteiger partial charge on any atom is -0.322 e. The van der Waals surface area contributed by atoms with Gasteiger partial charge < -0.3 is 5.32 Å². The van der Waals surface area contributed by atoms with E-state index in [0.717, 1.165) is 0 Å². The van der Waals surface area contributed by atoms with E-state index in [1.165, 1.54) is 0 Å². The van der Waals surface area contributed by atoms with E-state index in [1.807, 2.05) is 6.07 Å². The molecule has 0 fully saturated rings. The Morgan fingerprint density at radius 1 is 0.923 bits per heavy atom. The molecule has 1 N–H and O–H groups in total. The fourth-order valence-electron chi connectivity index (χ4n) is 2.39. The smallest absolute Gasteiger partial charge is 0.256 e. The van der Waals surface area contributed by atoms with Crippen molar-refractivity contribution in [1.82, 2.24) is 0 Å². The van der Waals surface area contributed by atoms with Crippen LogP contribution < -0.4 is 5.32 Å². The number of amides is 1. The van der Waals surface area contributed by atoms with Crippen LogP contribution in [-0.4, -0.2) is 10.1 Å². The third-order valence-electron chi connectivity index (χ3n) is 3.64. The molecule has 4 nitrogen and oxygen atoms in total. The van der Waals surface area contributed by atoms with Gasteiger partial charge in [0.2, 0.25) is 0 Å². The average Bonchev–Trinajstić information content (AvgIpc) is 2.69. The molecule has 0 aromatic heterocycles. The van der Waals surface area contributed by atoms with Gasteiger partial charge >= 0.3 is 0 Å². The van der Waals surface area contributed by atoms with E-state index in [9.17, 15) is 14.3 Å². The normalized spacial score (nSPS) is 11.4. The second-order valence-corrected chi connectivity index (χ2v) is 7.19. The monoisotopic (exact) mass is 380 g/mol. The van der Waals surface area contributed by atoms with E-state index in [0.29, 0.717) is 26.1 Å². The lowest BCUT2D eigenvalue weighted by Crippen LogP contribution is -2.15. The number of hydrogen-bond donors (Lipinski definition) is 1. The lowest BCUT2D eigenvalue weighted by molar-refractivity contribution is 0.102. The summed E-state index contributed by atoms with van der Waals surface area (Å²) in [6, 6.07) is 22.0. The Hall–Kier alpha value is -2.94. The van der Waals surface area contributed by atoms with Crippen molar-refractivity contribution in [2.24, 2.45) is 0 Å². The van der Waals surface area contributed by atoms with Crippen LogP contribution in [-0.2, 0) is 10.8 Å². The van der Waals surface area contributed by atoms with Gasteiger partial charge in [0, 0.05) is 10.7 Å². The van der Waals surface area contributed by atoms with E-state index in [1.54, 1.807) is 72.8 Å². The number of carbonyl (C=O) groups excluding carboxylic acids is 1. The van der Waals surface area contributed by atoms with Crippen LogP contribution in [0.2, 0.25) is 5.02 Å². The first-order chi connectivity index (χ1) is 12.6. The van der Waals surface area contributed by atoms with Crippen molar-refractivity contribution in [1.29, 1.82) is 5.26 Å². The van der Waals surface area contributed by atoms with Gasteiger partial charge in [-0.15, -0.1) is 0 Å². The highest BCUT2D eigenvalue weighted by Gasteiger charge is 2.19. The predicted molar refractivity (Wildman–Crippen MR) is 102 cm³/mol. The fraction of sp³-hybridized carbons (Fsp3) is 0. The summed E-state index contributed by atoms with van der Waals surface area (Å²) in [5.41, 5.74) is 1.18. The topological polar surface area (TPSA) is 70.0 Å². The van der Waals surface area contributed by atoms with Gasteiger partial charge in [0.05, 0.1) is 31.7 Å². The Kier molecular flexibility index (Phi) is 5.47. The second-order valence-electron chi connectivity index (χ2n) is 5.33. The number of anilines is 1. The van der Waals surface area contributed by atoms with E-state index >= 15 is 0 Å². The highest BCUT2D eigenvalue weighted by Crippen LogP contribution is 2.24. The van der Waals surface area contributed by atoms with Crippen molar-refractivity contribution >= 4 is 34.0 Å². The molecule has 0 radical (unpaired) electrons. The van der Waals surface area contributed by atoms with Gasteiger partial charge in [-0.05, 0) is 48.5 Å². The predicted octanol–water partition coefficient (Wildman–Crippen LogP) is 4.63. The maximum absolute atomic E-state index is 13.0. The third kappa shape index (κ3) is 3.83. The SMILES string of the molecule is N#Cc1ccccc1[S@](=O)c1ccccc1C(=O)Nc1ccc(Cl)cc1. The van der Waals surface area contributed by atoms with Crippen molar-refractivity contribution in [2.45, 2.75) is 9.79 Å². The molecule has 1 atom stereocenters. The van der Waals surface area contributed by atoms with Crippen LogP contribution in [0.15, 0.2) is 82.6 Å². The number of benzene rings is 3. The third-order valence-corrected chi connectivity index (χ3v) is 5.40. The highest BCUT2D eigenvalue weighted by atomic mass is 35.5. The number of halogens is 1. The number of nitriles is 1. The molecule has 0 heterocycles. The van der Waals surface area contributed by atoms with Crippen molar-refractivity contribution < 1.29 is 9.00 Å². The first-order valence-electron chi connectivity index (χ1n) is 7.67. The number of nitrogens with one attached hydrogen (secondary N) is 1. The van der Waals surface area contributed by atoms with Crippen LogP contribution in [0.25, 0.3) is 0 Å². The van der Waals surface area contributed by atoms with E-state index in [-0.39, 0.29) is 11.5 Å². The molecule has 6 heteroatoms. The van der Waals surface area contributed by atoms with Gasteiger partial charge in [-0.25, -0.2) is 4.21 Å². The summed E-state index contributed by atoms with van der Waals surface area (Å²) in [7, 11) is -1.66. The van der Waals surface area contributed by atoms with Crippen molar-refractivity contribution in [3.63, 3.8) is 0 Å². The molecule has 128 valence electrons. The van der Waals surface area contributed by atoms with E-state index < -0.39 is 10.8 Å². The van der Waals surface area contributed by atoms with Crippen molar-refractivity contribution in [2.75, 3.05) is 5.32 Å². The minimum absolute atomic E-state index is 0.286. The Morgan fingerprint density at radius 2 is 1.54 bits per heavy atom. The lowest BCUT2D eigenvalue weighted by Gasteiger charge is -2.11. The van der Waals surface area contributed by atoms with Gasteiger partial charge in [0.15, 0.2) is 0 Å². The summed E-state index contributed by atoms with van der Waals surface area (Å²) in [6.07, 6.45) is 0. The summed E-state index contributed by atoms with van der Waals surface area (Å²) < 4.78 is 13.0. The molecule has 0 saturated carbocycles. The molecule has 3 aromatic carbocycles. The Balaban J connectivity index is 1.95. The maximum Gasteiger partial charge on any atom is 0.256 e. The standard InChI is InChI=1S/C20H13ClN2O2S/c21-15-9-11-16(12-10-15)23-20(24)17-6-2-4-8-19(17)26(25)18-7-3-1-5-14(18)13-22/h1-12H,(H,23,24)/t26-/m0/s1. The van der Waals surface area contributed by atoms with Gasteiger partial charge in [-0.1, -0.05) is 35.9 Å². The molecule has 0 saturated heterocycles. The Morgan fingerprint density at radius 3 is 2.23 bits per heavy atom. The molecule has 0 aliphatic rings. The second kappa shape index (κ2) is 7.96. The maximum atomic E-state index is 13.0. The number of carbonyl (C=O) groups is 1. The van der Waals surface area contributed by atoms with Gasteiger partial charge in [-0.2, -0.15) is 5.26 Å². The number of hydrogen-bond acceptors (Lipinski definition) is 3. The fourth-order valence-corrected chi connectivity index (χ4v) is 3.83. The minimum atomic E-state index is -1.66. The number of nitrogens with zero attached hydrogens (tertiary/aromatic N) is 1. The summed E-state index contributed by atoms with van der Waals surface area (Å²) in [5, 5.41) is 12.6. The zero-order valence-corrected chi connectivity index (χ0v) is 15.1. The molecule has 26 heavy (non-hydrogen) atoms. The quantitative estimate of drug-likeness (QED) is 0.717. The Labute approximate surface area is 158 Å². The van der Waals surface area contributed by atoms with Crippen LogP contribution >= 0.6 is 11.6 Å². The first-order valence-corrected chi connectivity index (χ1v) is 9.20. The van der Waals surface area contributed by atoms with Crippen LogP contribution in [0.5, 0.6) is 0 Å².